The Labute approximate surface area is 147 Å². The lowest BCUT2D eigenvalue weighted by molar-refractivity contribution is -0.141. The fourth-order valence-electron chi connectivity index (χ4n) is 2.06. The van der Waals surface area contributed by atoms with Crippen LogP contribution in [0.2, 0.25) is 0 Å². The summed E-state index contributed by atoms with van der Waals surface area (Å²) < 4.78 is 9.29. The first-order chi connectivity index (χ1) is 11.9. The molecule has 0 aliphatic rings. The predicted molar refractivity (Wildman–Crippen MR) is 91.9 cm³/mol. The van der Waals surface area contributed by atoms with Gasteiger partial charge < -0.3 is 20.0 Å². The quantitative estimate of drug-likeness (QED) is 0.392. The third-order valence-corrected chi connectivity index (χ3v) is 3.51. The molecule has 2 N–H and O–H groups in total. The van der Waals surface area contributed by atoms with Gasteiger partial charge in [-0.15, -0.1) is 0 Å². The molecular weight excluding hydrogens is 324 g/mol. The molecule has 0 aliphatic heterocycles. The average Bonchev–Trinajstić information content (AvgIpc) is 2.56. The lowest BCUT2D eigenvalue weighted by Crippen LogP contribution is -2.36. The zero-order chi connectivity index (χ0) is 18.7. The molecule has 0 fully saturated rings. The van der Waals surface area contributed by atoms with E-state index >= 15 is 0 Å². The van der Waals surface area contributed by atoms with Crippen molar-refractivity contribution in [2.24, 2.45) is 5.73 Å². The molecule has 0 bridgehead atoms. The number of pyridine rings is 1. The number of carbonyl (C=O) groups is 3. The van der Waals surface area contributed by atoms with Crippen LogP contribution < -0.4 is 5.73 Å². The van der Waals surface area contributed by atoms with Crippen LogP contribution in [0, 0.1) is 0 Å². The number of esters is 1. The molecule has 0 amide bonds. The number of hydrogen-bond donors (Lipinski definition) is 1. The molecular formula is C18H26N2O5. The molecule has 25 heavy (non-hydrogen) atoms. The van der Waals surface area contributed by atoms with Crippen molar-refractivity contribution in [3.63, 3.8) is 0 Å². The summed E-state index contributed by atoms with van der Waals surface area (Å²) in [5.74, 6) is -0.670. The molecule has 1 rings (SSSR count). The van der Waals surface area contributed by atoms with E-state index in [2.05, 4.69) is 9.72 Å². The van der Waals surface area contributed by atoms with Crippen molar-refractivity contribution in [3.05, 3.63) is 29.6 Å². The molecule has 0 unspecified atom stereocenters. The van der Waals surface area contributed by atoms with Crippen molar-refractivity contribution < 1.29 is 23.9 Å². The van der Waals surface area contributed by atoms with E-state index in [1.807, 2.05) is 13.0 Å². The summed E-state index contributed by atoms with van der Waals surface area (Å²) in [6.45, 7) is 3.74. The fraction of sp³-hybridized carbons (Fsp3) is 0.556. The van der Waals surface area contributed by atoms with E-state index in [1.54, 1.807) is 19.2 Å². The Morgan fingerprint density at radius 1 is 1.24 bits per heavy atom. The number of carbonyl (C=O) groups excluding carboxylic acids is 3. The van der Waals surface area contributed by atoms with Crippen molar-refractivity contribution in [1.29, 1.82) is 0 Å². The highest BCUT2D eigenvalue weighted by atomic mass is 16.7. The lowest BCUT2D eigenvalue weighted by atomic mass is 10.1. The van der Waals surface area contributed by atoms with Gasteiger partial charge in [0.1, 0.15) is 11.8 Å². The topological polar surface area (TPSA) is 109 Å². The Balaban J connectivity index is 2.40. The van der Waals surface area contributed by atoms with E-state index < -0.39 is 18.2 Å². The summed E-state index contributed by atoms with van der Waals surface area (Å²) in [7, 11) is 0. The van der Waals surface area contributed by atoms with Gasteiger partial charge in [0, 0.05) is 24.7 Å². The minimum atomic E-state index is -1.03. The van der Waals surface area contributed by atoms with Crippen LogP contribution in [0.1, 0.15) is 50.8 Å². The van der Waals surface area contributed by atoms with Crippen molar-refractivity contribution >= 4 is 17.9 Å². The van der Waals surface area contributed by atoms with E-state index in [0.29, 0.717) is 18.5 Å². The second kappa shape index (κ2) is 11.3. The second-order valence-corrected chi connectivity index (χ2v) is 5.90. The molecule has 0 saturated carbocycles. The minimum Gasteiger partial charge on any atom is -0.434 e. The monoisotopic (exact) mass is 350 g/mol. The van der Waals surface area contributed by atoms with Crippen molar-refractivity contribution in [3.8, 4) is 0 Å². The standard InChI is InChI=1S/C18H26N2O5/c1-3-4-10-24-18(23)25-17(22)16(19)11-15-9-8-14(12-20-15)7-5-6-13(2)21/h8-9,12,16H,3-7,10-11,19H2,1-2H3/t16-/m0/s1. The van der Waals surface area contributed by atoms with Crippen LogP contribution in [0.4, 0.5) is 4.79 Å². The third-order valence-electron chi connectivity index (χ3n) is 3.51. The maximum atomic E-state index is 11.8. The van der Waals surface area contributed by atoms with E-state index in [1.165, 1.54) is 0 Å². The molecule has 1 aromatic rings. The van der Waals surface area contributed by atoms with E-state index in [9.17, 15) is 14.4 Å². The minimum absolute atomic E-state index is 0.162. The molecule has 0 saturated heterocycles. The zero-order valence-electron chi connectivity index (χ0n) is 14.8. The number of nitrogens with zero attached hydrogens (tertiary/aromatic N) is 1. The Morgan fingerprint density at radius 3 is 2.60 bits per heavy atom. The Hall–Kier alpha value is -2.28. The molecule has 0 spiro atoms. The van der Waals surface area contributed by atoms with Crippen LogP contribution in [0.5, 0.6) is 0 Å². The second-order valence-electron chi connectivity index (χ2n) is 5.90. The van der Waals surface area contributed by atoms with Gasteiger partial charge >= 0.3 is 12.1 Å². The molecule has 1 heterocycles. The predicted octanol–water partition coefficient (Wildman–Crippen LogP) is 2.34. The molecule has 7 nitrogen and oxygen atoms in total. The molecule has 0 aliphatic carbocycles. The molecule has 138 valence electrons. The van der Waals surface area contributed by atoms with Crippen LogP contribution in [-0.4, -0.2) is 35.5 Å². The first-order valence-electron chi connectivity index (χ1n) is 8.49. The SMILES string of the molecule is CCCCOC(=O)OC(=O)[C@@H](N)Cc1ccc(CCCC(C)=O)cn1. The first kappa shape index (κ1) is 20.8. The summed E-state index contributed by atoms with van der Waals surface area (Å²) in [5.41, 5.74) is 7.38. The highest BCUT2D eigenvalue weighted by molar-refractivity contribution is 5.85. The lowest BCUT2D eigenvalue weighted by Gasteiger charge is -2.10. The summed E-state index contributed by atoms with van der Waals surface area (Å²) >= 11 is 0. The van der Waals surface area contributed by atoms with Crippen LogP contribution in [0.25, 0.3) is 0 Å². The number of unbranched alkanes of at least 4 members (excludes halogenated alkanes) is 1. The smallest absolute Gasteiger partial charge is 0.434 e. The summed E-state index contributed by atoms with van der Waals surface area (Å²) in [6.07, 6.45) is 4.51. The number of aryl methyl sites for hydroxylation is 1. The summed E-state index contributed by atoms with van der Waals surface area (Å²) in [4.78, 5) is 38.2. The summed E-state index contributed by atoms with van der Waals surface area (Å²) in [5, 5.41) is 0. The highest BCUT2D eigenvalue weighted by Crippen LogP contribution is 2.07. The van der Waals surface area contributed by atoms with Gasteiger partial charge in [0.15, 0.2) is 0 Å². The average molecular weight is 350 g/mol. The zero-order valence-corrected chi connectivity index (χ0v) is 14.8. The fourth-order valence-corrected chi connectivity index (χ4v) is 2.06. The number of Topliss-reactive ketones (excluding diaryl/α,β-unsaturated/α-hetero) is 1. The van der Waals surface area contributed by atoms with Gasteiger partial charge in [-0.25, -0.2) is 9.59 Å². The Morgan fingerprint density at radius 2 is 2.00 bits per heavy atom. The largest absolute Gasteiger partial charge is 0.516 e. The number of hydrogen-bond acceptors (Lipinski definition) is 7. The third kappa shape index (κ3) is 8.95. The van der Waals surface area contributed by atoms with E-state index in [-0.39, 0.29) is 18.8 Å². The van der Waals surface area contributed by atoms with Gasteiger partial charge in [0.2, 0.25) is 0 Å². The van der Waals surface area contributed by atoms with Gasteiger partial charge in [-0.05, 0) is 37.8 Å². The number of nitrogens with two attached hydrogens (primary N) is 1. The first-order valence-corrected chi connectivity index (χ1v) is 8.49. The number of aromatic nitrogens is 1. The van der Waals surface area contributed by atoms with Gasteiger partial charge in [-0.1, -0.05) is 19.4 Å². The van der Waals surface area contributed by atoms with Crippen LogP contribution in [0.15, 0.2) is 18.3 Å². The number of ketones is 1. The van der Waals surface area contributed by atoms with Gasteiger partial charge in [0.05, 0.1) is 6.61 Å². The maximum Gasteiger partial charge on any atom is 0.516 e. The van der Waals surface area contributed by atoms with E-state index in [4.69, 9.17) is 10.5 Å². The van der Waals surface area contributed by atoms with Crippen molar-refractivity contribution in [2.75, 3.05) is 6.61 Å². The van der Waals surface area contributed by atoms with Crippen molar-refractivity contribution in [2.45, 2.75) is 58.4 Å². The molecule has 0 radical (unpaired) electrons. The van der Waals surface area contributed by atoms with Crippen LogP contribution in [0.3, 0.4) is 0 Å². The van der Waals surface area contributed by atoms with E-state index in [0.717, 1.165) is 24.8 Å². The number of rotatable bonds is 10. The molecule has 7 heteroatoms. The van der Waals surface area contributed by atoms with Crippen LogP contribution >= 0.6 is 0 Å². The van der Waals surface area contributed by atoms with Crippen LogP contribution in [-0.2, 0) is 31.9 Å². The maximum absolute atomic E-state index is 11.8. The van der Waals surface area contributed by atoms with Crippen molar-refractivity contribution in [1.82, 2.24) is 4.98 Å². The highest BCUT2D eigenvalue weighted by Gasteiger charge is 2.20. The summed E-state index contributed by atoms with van der Waals surface area (Å²) in [6, 6.07) is 2.67. The number of ether oxygens (including phenoxy) is 2. The van der Waals surface area contributed by atoms with Gasteiger partial charge in [-0.2, -0.15) is 0 Å². The Kier molecular flexibility index (Phi) is 9.39. The molecule has 1 atom stereocenters. The molecule has 1 aromatic heterocycles. The van der Waals surface area contributed by atoms with Gasteiger partial charge in [0.25, 0.3) is 0 Å². The molecule has 0 aromatic carbocycles. The normalized spacial score (nSPS) is 11.6. The Bertz CT molecular complexity index is 571. The van der Waals surface area contributed by atoms with Gasteiger partial charge in [-0.3, -0.25) is 4.98 Å².